The fourth-order valence-electron chi connectivity index (χ4n) is 3.43. The zero-order valence-corrected chi connectivity index (χ0v) is 15.3. The average molecular weight is 384 g/mol. The quantitative estimate of drug-likeness (QED) is 0.743. The minimum Gasteiger partial charge on any atom is -0.508 e. The van der Waals surface area contributed by atoms with Gasteiger partial charge in [-0.1, -0.05) is 47.1 Å². The lowest BCUT2D eigenvalue weighted by atomic mass is 9.89. The molecule has 0 fully saturated rings. The number of hydrogen-bond acceptors (Lipinski definition) is 4. The molecule has 138 valence electrons. The van der Waals surface area contributed by atoms with Gasteiger partial charge >= 0.3 is 6.03 Å². The first-order valence-electron chi connectivity index (χ1n) is 8.57. The molecule has 0 aromatic heterocycles. The Morgan fingerprint density at radius 1 is 1.19 bits per heavy atom. The molecule has 6 nitrogen and oxygen atoms in total. The first-order chi connectivity index (χ1) is 13.0. The Balaban J connectivity index is 1.66. The van der Waals surface area contributed by atoms with Gasteiger partial charge in [0.05, 0.1) is 11.8 Å². The highest BCUT2D eigenvalue weighted by molar-refractivity contribution is 6.31. The zero-order valence-electron chi connectivity index (χ0n) is 14.6. The van der Waals surface area contributed by atoms with Crippen LogP contribution in [0, 0.1) is 0 Å². The summed E-state index contributed by atoms with van der Waals surface area (Å²) < 4.78 is 0. The monoisotopic (exact) mass is 383 g/mol. The van der Waals surface area contributed by atoms with Gasteiger partial charge in [-0.2, -0.15) is 0 Å². The van der Waals surface area contributed by atoms with Gasteiger partial charge in [-0.25, -0.2) is 4.79 Å². The highest BCUT2D eigenvalue weighted by Crippen LogP contribution is 2.37. The van der Waals surface area contributed by atoms with Crippen molar-refractivity contribution in [2.45, 2.75) is 25.5 Å². The lowest BCUT2D eigenvalue weighted by molar-refractivity contribution is 0.0858. The molecule has 0 aliphatic carbocycles. The van der Waals surface area contributed by atoms with Crippen molar-refractivity contribution in [2.75, 3.05) is 0 Å². The van der Waals surface area contributed by atoms with Crippen LogP contribution in [0.4, 0.5) is 4.79 Å². The number of nitrogens with zero attached hydrogens (tertiary/aromatic N) is 1. The van der Waals surface area contributed by atoms with E-state index in [0.717, 1.165) is 28.1 Å². The molecule has 0 radical (unpaired) electrons. The molecule has 2 amide bonds. The largest absolute Gasteiger partial charge is 0.508 e. The summed E-state index contributed by atoms with van der Waals surface area (Å²) in [5, 5.41) is 20.2. The van der Waals surface area contributed by atoms with Crippen molar-refractivity contribution in [1.29, 1.82) is 0 Å². The Labute approximate surface area is 161 Å². The summed E-state index contributed by atoms with van der Waals surface area (Å²) in [4.78, 5) is 17.7. The Morgan fingerprint density at radius 3 is 2.67 bits per heavy atom. The molecule has 2 aliphatic rings. The van der Waals surface area contributed by atoms with Gasteiger partial charge in [-0.05, 0) is 30.7 Å². The molecule has 0 saturated heterocycles. The summed E-state index contributed by atoms with van der Waals surface area (Å²) in [5.41, 5.74) is 4.06. The van der Waals surface area contributed by atoms with E-state index in [4.69, 9.17) is 16.4 Å². The van der Waals surface area contributed by atoms with Crippen LogP contribution in [0.2, 0.25) is 5.02 Å². The number of carbonyl (C=O) groups is 1. The molecule has 2 aromatic rings. The molecule has 2 unspecified atom stereocenters. The number of nitrogens with one attached hydrogen (secondary N) is 2. The normalized spacial score (nSPS) is 22.0. The lowest BCUT2D eigenvalue weighted by Crippen LogP contribution is -2.44. The third-order valence-electron chi connectivity index (χ3n) is 4.73. The molecule has 27 heavy (non-hydrogen) atoms. The fraction of sp³-hybridized carbons (Fsp3) is 0.200. The van der Waals surface area contributed by atoms with E-state index < -0.39 is 0 Å². The molecule has 4 rings (SSSR count). The van der Waals surface area contributed by atoms with Gasteiger partial charge in [0.1, 0.15) is 5.75 Å². The first-order valence-corrected chi connectivity index (χ1v) is 8.95. The highest BCUT2D eigenvalue weighted by atomic mass is 35.5. The number of allylic oxidation sites excluding steroid dienone is 1. The van der Waals surface area contributed by atoms with Crippen molar-refractivity contribution in [1.82, 2.24) is 10.6 Å². The Bertz CT molecular complexity index is 953. The molecule has 0 bridgehead atoms. The van der Waals surface area contributed by atoms with Crippen LogP contribution >= 0.6 is 11.6 Å². The number of benzene rings is 2. The van der Waals surface area contributed by atoms with Crippen LogP contribution in [0.1, 0.15) is 36.6 Å². The second kappa shape index (κ2) is 6.96. The predicted molar refractivity (Wildman–Crippen MR) is 103 cm³/mol. The Kier molecular flexibility index (Phi) is 4.49. The van der Waals surface area contributed by atoms with E-state index in [1.165, 1.54) is 0 Å². The van der Waals surface area contributed by atoms with Gasteiger partial charge in [0.2, 0.25) is 0 Å². The fourth-order valence-corrected chi connectivity index (χ4v) is 3.69. The second-order valence-electron chi connectivity index (χ2n) is 6.52. The zero-order chi connectivity index (χ0) is 19.0. The Hall–Kier alpha value is -2.99. The number of amides is 2. The van der Waals surface area contributed by atoms with E-state index in [0.29, 0.717) is 11.4 Å². The van der Waals surface area contributed by atoms with Gasteiger partial charge in [0, 0.05) is 28.3 Å². The molecule has 2 aromatic carbocycles. The van der Waals surface area contributed by atoms with E-state index in [-0.39, 0.29) is 23.9 Å². The third-order valence-corrected chi connectivity index (χ3v) is 5.07. The Morgan fingerprint density at radius 2 is 1.93 bits per heavy atom. The number of aromatic hydroxyl groups is 1. The lowest BCUT2D eigenvalue weighted by Gasteiger charge is -2.29. The van der Waals surface area contributed by atoms with Crippen molar-refractivity contribution < 1.29 is 14.7 Å². The summed E-state index contributed by atoms with van der Waals surface area (Å²) in [5.74, 6) is 0.168. The van der Waals surface area contributed by atoms with Crippen molar-refractivity contribution in [2.24, 2.45) is 5.16 Å². The number of hydrogen-bond donors (Lipinski definition) is 3. The van der Waals surface area contributed by atoms with Crippen LogP contribution in [0.5, 0.6) is 5.75 Å². The number of oxime groups is 1. The van der Waals surface area contributed by atoms with Gasteiger partial charge in [-0.3, -0.25) is 0 Å². The summed E-state index contributed by atoms with van der Waals surface area (Å²) in [6, 6.07) is 13.6. The summed E-state index contributed by atoms with van der Waals surface area (Å²) in [6.07, 6.45) is 0.273. The molecule has 2 heterocycles. The van der Waals surface area contributed by atoms with E-state index >= 15 is 0 Å². The van der Waals surface area contributed by atoms with Crippen LogP contribution in [0.3, 0.4) is 0 Å². The molecule has 0 saturated carbocycles. The summed E-state index contributed by atoms with van der Waals surface area (Å²) >= 11 is 6.29. The summed E-state index contributed by atoms with van der Waals surface area (Å²) in [6.45, 7) is 1.84. The van der Waals surface area contributed by atoms with Crippen molar-refractivity contribution in [3.05, 3.63) is 76.0 Å². The topological polar surface area (TPSA) is 83.0 Å². The maximum atomic E-state index is 12.0. The van der Waals surface area contributed by atoms with Crippen LogP contribution in [0.15, 0.2) is 65.0 Å². The predicted octanol–water partition coefficient (Wildman–Crippen LogP) is 4.19. The second-order valence-corrected chi connectivity index (χ2v) is 6.93. The highest BCUT2D eigenvalue weighted by Gasteiger charge is 2.35. The van der Waals surface area contributed by atoms with Crippen LogP contribution < -0.4 is 10.6 Å². The minimum absolute atomic E-state index is 0.168. The standard InChI is InChI=1S/C20H18ClN3O3/c1-11-18(16-10-17(27-24-16)14-4-2-3-5-15(14)21)19(23-20(26)22-11)12-6-8-13(25)9-7-12/h2-9,17,19,25H,10H2,1H3,(H2,22,23,26). The minimum atomic E-state index is -0.383. The number of phenolic OH excluding ortho intramolecular Hbond substituents is 1. The number of carbonyl (C=O) groups excluding carboxylic acids is 1. The van der Waals surface area contributed by atoms with Gasteiger partial charge < -0.3 is 20.6 Å². The van der Waals surface area contributed by atoms with Crippen molar-refractivity contribution in [3.8, 4) is 5.75 Å². The van der Waals surface area contributed by atoms with Crippen molar-refractivity contribution >= 4 is 23.3 Å². The smallest absolute Gasteiger partial charge is 0.319 e. The number of halogens is 1. The van der Waals surface area contributed by atoms with Crippen molar-refractivity contribution in [3.63, 3.8) is 0 Å². The molecule has 0 spiro atoms. The van der Waals surface area contributed by atoms with Crippen LogP contribution in [0.25, 0.3) is 0 Å². The van der Waals surface area contributed by atoms with Gasteiger partial charge in [0.25, 0.3) is 0 Å². The van der Waals surface area contributed by atoms with Crippen LogP contribution in [-0.2, 0) is 4.84 Å². The first kappa shape index (κ1) is 17.4. The molecular formula is C20H18ClN3O3. The molecule has 2 aliphatic heterocycles. The molecule has 7 heteroatoms. The molecular weight excluding hydrogens is 366 g/mol. The molecule has 2 atom stereocenters. The van der Waals surface area contributed by atoms with Gasteiger partial charge in [0.15, 0.2) is 6.10 Å². The van der Waals surface area contributed by atoms with E-state index in [9.17, 15) is 9.90 Å². The average Bonchev–Trinajstić information content (AvgIpc) is 3.11. The summed E-state index contributed by atoms with van der Waals surface area (Å²) in [7, 11) is 0. The number of rotatable bonds is 3. The van der Waals surface area contributed by atoms with E-state index in [2.05, 4.69) is 15.8 Å². The third kappa shape index (κ3) is 3.36. The SMILES string of the molecule is CC1=C(C2=NOC(c3ccccc3Cl)C2)C(c2ccc(O)cc2)NC(=O)N1. The van der Waals surface area contributed by atoms with Gasteiger partial charge in [-0.15, -0.1) is 0 Å². The maximum absolute atomic E-state index is 12.0. The molecule has 3 N–H and O–H groups in total. The van der Waals surface area contributed by atoms with E-state index in [1.54, 1.807) is 24.3 Å². The number of phenols is 1. The van der Waals surface area contributed by atoms with Crippen LogP contribution in [-0.4, -0.2) is 16.8 Å². The number of urea groups is 1. The maximum Gasteiger partial charge on any atom is 0.319 e. The van der Waals surface area contributed by atoms with E-state index in [1.807, 2.05) is 31.2 Å².